The van der Waals surface area contributed by atoms with Crippen LogP contribution in [0.5, 0.6) is 0 Å². The zero-order chi connectivity index (χ0) is 14.8. The number of carbonyl (C=O) groups is 2. The molecule has 2 N–H and O–H groups in total. The van der Waals surface area contributed by atoms with Gasteiger partial charge in [-0.3, -0.25) is 4.79 Å². The summed E-state index contributed by atoms with van der Waals surface area (Å²) in [7, 11) is 0. The summed E-state index contributed by atoms with van der Waals surface area (Å²) in [6.07, 6.45) is 4.32. The fourth-order valence-electron chi connectivity index (χ4n) is 2.02. The van der Waals surface area contributed by atoms with Gasteiger partial charge in [0.1, 0.15) is 6.04 Å². The van der Waals surface area contributed by atoms with Crippen LogP contribution in [-0.4, -0.2) is 23.0 Å². The van der Waals surface area contributed by atoms with E-state index in [2.05, 4.69) is 12.2 Å². The van der Waals surface area contributed by atoms with E-state index in [1.807, 2.05) is 30.3 Å². The van der Waals surface area contributed by atoms with E-state index in [1.165, 1.54) is 0 Å². The average molecular weight is 277 g/mol. The van der Waals surface area contributed by atoms with Crippen LogP contribution in [0.15, 0.2) is 30.3 Å². The Balaban J connectivity index is 2.40. The zero-order valence-corrected chi connectivity index (χ0v) is 12.0. The van der Waals surface area contributed by atoms with Gasteiger partial charge in [0.25, 0.3) is 0 Å². The molecule has 0 aliphatic carbocycles. The summed E-state index contributed by atoms with van der Waals surface area (Å²) in [5.74, 6) is -1.14. The van der Waals surface area contributed by atoms with Crippen molar-refractivity contribution in [3.8, 4) is 0 Å². The minimum absolute atomic E-state index is 0.168. The summed E-state index contributed by atoms with van der Waals surface area (Å²) in [6, 6.07) is 8.89. The summed E-state index contributed by atoms with van der Waals surface area (Å²) in [5, 5.41) is 11.8. The van der Waals surface area contributed by atoms with Gasteiger partial charge in [-0.25, -0.2) is 4.79 Å². The first-order valence-corrected chi connectivity index (χ1v) is 7.19. The second kappa shape index (κ2) is 9.13. The Morgan fingerprint density at radius 1 is 1.20 bits per heavy atom. The van der Waals surface area contributed by atoms with E-state index in [0.29, 0.717) is 19.3 Å². The first-order chi connectivity index (χ1) is 9.63. The molecule has 0 heterocycles. The molecule has 0 fully saturated rings. The maximum atomic E-state index is 11.7. The van der Waals surface area contributed by atoms with Crippen LogP contribution in [0.3, 0.4) is 0 Å². The van der Waals surface area contributed by atoms with Crippen LogP contribution in [0.25, 0.3) is 0 Å². The normalized spacial score (nSPS) is 11.8. The van der Waals surface area contributed by atoms with Gasteiger partial charge in [-0.15, -0.1) is 0 Å². The molecule has 0 radical (unpaired) electrons. The monoisotopic (exact) mass is 277 g/mol. The second-order valence-electron chi connectivity index (χ2n) is 4.94. The standard InChI is InChI=1S/C16H23NO3/c1-2-3-5-10-15(18)17-14(16(19)20)12-11-13-8-6-4-7-9-13/h4,6-9,14H,2-3,5,10-12H2,1H3,(H,17,18)(H,19,20). The molecule has 1 atom stereocenters. The van der Waals surface area contributed by atoms with Crippen molar-refractivity contribution in [3.63, 3.8) is 0 Å². The van der Waals surface area contributed by atoms with Crippen molar-refractivity contribution < 1.29 is 14.7 Å². The van der Waals surface area contributed by atoms with Gasteiger partial charge in [0.05, 0.1) is 0 Å². The highest BCUT2D eigenvalue weighted by Crippen LogP contribution is 2.06. The predicted octanol–water partition coefficient (Wildman–Crippen LogP) is 2.77. The highest BCUT2D eigenvalue weighted by molar-refractivity contribution is 5.83. The number of carboxylic acids is 1. The lowest BCUT2D eigenvalue weighted by Gasteiger charge is -2.14. The lowest BCUT2D eigenvalue weighted by molar-refractivity contribution is -0.142. The third-order valence-electron chi connectivity index (χ3n) is 3.21. The highest BCUT2D eigenvalue weighted by atomic mass is 16.4. The highest BCUT2D eigenvalue weighted by Gasteiger charge is 2.19. The Hall–Kier alpha value is -1.84. The van der Waals surface area contributed by atoms with Gasteiger partial charge in [-0.05, 0) is 24.8 Å². The zero-order valence-electron chi connectivity index (χ0n) is 12.0. The fraction of sp³-hybridized carbons (Fsp3) is 0.500. The topological polar surface area (TPSA) is 66.4 Å². The van der Waals surface area contributed by atoms with Gasteiger partial charge in [0.2, 0.25) is 5.91 Å². The molecular formula is C16H23NO3. The molecule has 0 bridgehead atoms. The Labute approximate surface area is 120 Å². The molecule has 0 aliphatic heterocycles. The number of benzene rings is 1. The summed E-state index contributed by atoms with van der Waals surface area (Å²) in [6.45, 7) is 2.07. The first kappa shape index (κ1) is 16.2. The van der Waals surface area contributed by atoms with Crippen molar-refractivity contribution in [2.45, 2.75) is 51.5 Å². The van der Waals surface area contributed by atoms with Gasteiger partial charge in [-0.2, -0.15) is 0 Å². The minimum Gasteiger partial charge on any atom is -0.480 e. The van der Waals surface area contributed by atoms with Crippen LogP contribution < -0.4 is 5.32 Å². The van der Waals surface area contributed by atoms with Crippen molar-refractivity contribution in [1.29, 1.82) is 0 Å². The fourth-order valence-corrected chi connectivity index (χ4v) is 2.02. The van der Waals surface area contributed by atoms with Crippen molar-refractivity contribution >= 4 is 11.9 Å². The quantitative estimate of drug-likeness (QED) is 0.682. The molecule has 1 aromatic carbocycles. The van der Waals surface area contributed by atoms with Crippen molar-refractivity contribution in [3.05, 3.63) is 35.9 Å². The molecule has 4 nitrogen and oxygen atoms in total. The molecule has 0 spiro atoms. The van der Waals surface area contributed by atoms with Crippen LogP contribution in [0.4, 0.5) is 0 Å². The van der Waals surface area contributed by atoms with Crippen LogP contribution in [-0.2, 0) is 16.0 Å². The maximum absolute atomic E-state index is 11.7. The average Bonchev–Trinajstić information content (AvgIpc) is 2.44. The Bertz CT molecular complexity index is 417. The van der Waals surface area contributed by atoms with Crippen LogP contribution in [0.2, 0.25) is 0 Å². The molecule has 4 heteroatoms. The third-order valence-corrected chi connectivity index (χ3v) is 3.21. The van der Waals surface area contributed by atoms with Crippen LogP contribution in [0, 0.1) is 0 Å². The van der Waals surface area contributed by atoms with E-state index in [9.17, 15) is 9.59 Å². The summed E-state index contributed by atoms with van der Waals surface area (Å²) in [5.41, 5.74) is 1.08. The lowest BCUT2D eigenvalue weighted by atomic mass is 10.0. The molecule has 0 aliphatic rings. The Morgan fingerprint density at radius 2 is 1.90 bits per heavy atom. The molecular weight excluding hydrogens is 254 g/mol. The van der Waals surface area contributed by atoms with Gasteiger partial charge >= 0.3 is 5.97 Å². The van der Waals surface area contributed by atoms with E-state index < -0.39 is 12.0 Å². The number of amides is 1. The summed E-state index contributed by atoms with van der Waals surface area (Å²) in [4.78, 5) is 22.8. The van der Waals surface area contributed by atoms with Crippen molar-refractivity contribution in [2.24, 2.45) is 0 Å². The third kappa shape index (κ3) is 6.36. The van der Waals surface area contributed by atoms with E-state index in [4.69, 9.17) is 5.11 Å². The summed E-state index contributed by atoms with van der Waals surface area (Å²) >= 11 is 0. The van der Waals surface area contributed by atoms with Crippen LogP contribution >= 0.6 is 0 Å². The molecule has 1 aromatic rings. The van der Waals surface area contributed by atoms with E-state index in [0.717, 1.165) is 24.8 Å². The number of aryl methyl sites for hydroxylation is 1. The van der Waals surface area contributed by atoms with E-state index in [-0.39, 0.29) is 5.91 Å². The van der Waals surface area contributed by atoms with Gasteiger partial charge in [0.15, 0.2) is 0 Å². The number of carbonyl (C=O) groups excluding carboxylic acids is 1. The Kier molecular flexibility index (Phi) is 7.40. The minimum atomic E-state index is -0.968. The molecule has 0 saturated carbocycles. The number of carboxylic acid groups (broad SMARTS) is 1. The molecule has 1 unspecified atom stereocenters. The number of hydrogen-bond donors (Lipinski definition) is 2. The summed E-state index contributed by atoms with van der Waals surface area (Å²) < 4.78 is 0. The van der Waals surface area contributed by atoms with Gasteiger partial charge in [-0.1, -0.05) is 50.1 Å². The Morgan fingerprint density at radius 3 is 2.50 bits per heavy atom. The molecule has 0 aromatic heterocycles. The smallest absolute Gasteiger partial charge is 0.326 e. The second-order valence-corrected chi connectivity index (χ2v) is 4.94. The number of aliphatic carboxylic acids is 1. The first-order valence-electron chi connectivity index (χ1n) is 7.19. The maximum Gasteiger partial charge on any atom is 0.326 e. The lowest BCUT2D eigenvalue weighted by Crippen LogP contribution is -2.41. The molecule has 0 saturated heterocycles. The predicted molar refractivity (Wildman–Crippen MR) is 78.5 cm³/mol. The number of rotatable bonds is 9. The van der Waals surface area contributed by atoms with Crippen LogP contribution in [0.1, 0.15) is 44.6 Å². The number of unbranched alkanes of at least 4 members (excludes halogenated alkanes) is 2. The molecule has 20 heavy (non-hydrogen) atoms. The SMILES string of the molecule is CCCCCC(=O)NC(CCc1ccccc1)C(=O)O. The van der Waals surface area contributed by atoms with E-state index >= 15 is 0 Å². The van der Waals surface area contributed by atoms with Crippen molar-refractivity contribution in [2.75, 3.05) is 0 Å². The number of nitrogens with one attached hydrogen (secondary N) is 1. The van der Waals surface area contributed by atoms with Gasteiger partial charge in [0, 0.05) is 6.42 Å². The number of hydrogen-bond acceptors (Lipinski definition) is 2. The van der Waals surface area contributed by atoms with E-state index in [1.54, 1.807) is 0 Å². The molecule has 110 valence electrons. The molecule has 1 rings (SSSR count). The van der Waals surface area contributed by atoms with Crippen molar-refractivity contribution in [1.82, 2.24) is 5.32 Å². The van der Waals surface area contributed by atoms with Gasteiger partial charge < -0.3 is 10.4 Å². The largest absolute Gasteiger partial charge is 0.480 e. The molecule has 1 amide bonds.